The van der Waals surface area contributed by atoms with Gasteiger partial charge in [0.1, 0.15) is 5.76 Å². The van der Waals surface area contributed by atoms with Gasteiger partial charge in [-0.2, -0.15) is 5.10 Å². The maximum Gasteiger partial charge on any atom is 0.162 e. The fourth-order valence-electron chi connectivity index (χ4n) is 2.08. The lowest BCUT2D eigenvalue weighted by atomic mass is 10.3. The molecule has 3 aromatic heterocycles. The number of nitrogens with zero attached hydrogens (tertiary/aromatic N) is 3. The summed E-state index contributed by atoms with van der Waals surface area (Å²) in [5, 5.41) is 10.7. The van der Waals surface area contributed by atoms with Crippen molar-refractivity contribution in [1.29, 1.82) is 0 Å². The molecule has 21 heavy (non-hydrogen) atoms. The van der Waals surface area contributed by atoms with E-state index in [1.54, 1.807) is 17.5 Å². The topological polar surface area (TPSA) is 55.9 Å². The zero-order chi connectivity index (χ0) is 14.7. The maximum atomic E-state index is 5.59. The van der Waals surface area contributed by atoms with Crippen LogP contribution < -0.4 is 5.32 Å². The van der Waals surface area contributed by atoms with E-state index in [9.17, 15) is 0 Å². The van der Waals surface area contributed by atoms with E-state index >= 15 is 0 Å². The Morgan fingerprint density at radius 3 is 3.05 bits per heavy atom. The fourth-order valence-corrected chi connectivity index (χ4v) is 2.86. The number of hydrogen-bond donors (Lipinski definition) is 1. The average molecular weight is 302 g/mol. The summed E-state index contributed by atoms with van der Waals surface area (Å²) in [7, 11) is 0. The Morgan fingerprint density at radius 2 is 2.33 bits per heavy atom. The van der Waals surface area contributed by atoms with Crippen molar-refractivity contribution in [3.8, 4) is 10.8 Å². The zero-order valence-electron chi connectivity index (χ0n) is 12.1. The van der Waals surface area contributed by atoms with Crippen molar-refractivity contribution in [2.75, 3.05) is 0 Å². The molecule has 0 unspecified atom stereocenters. The molecule has 3 heterocycles. The SMILES string of the molecule is Cc1ccc(-c2nc(CN[C@H](C)Cn3cccn3)cs2)o1. The molecule has 1 N–H and O–H groups in total. The van der Waals surface area contributed by atoms with Crippen LogP contribution in [0.4, 0.5) is 0 Å². The number of furan rings is 1. The van der Waals surface area contributed by atoms with Gasteiger partial charge < -0.3 is 9.73 Å². The molecule has 0 aromatic carbocycles. The molecule has 0 fully saturated rings. The minimum Gasteiger partial charge on any atom is -0.459 e. The molecule has 0 bridgehead atoms. The minimum absolute atomic E-state index is 0.334. The lowest BCUT2D eigenvalue weighted by Crippen LogP contribution is -2.30. The summed E-state index contributed by atoms with van der Waals surface area (Å²) in [5.74, 6) is 1.75. The van der Waals surface area contributed by atoms with Gasteiger partial charge in [0.25, 0.3) is 0 Å². The smallest absolute Gasteiger partial charge is 0.162 e. The van der Waals surface area contributed by atoms with Gasteiger partial charge in [0.15, 0.2) is 10.8 Å². The summed E-state index contributed by atoms with van der Waals surface area (Å²) in [6.07, 6.45) is 3.77. The van der Waals surface area contributed by atoms with Gasteiger partial charge in [-0.25, -0.2) is 4.98 Å². The highest BCUT2D eigenvalue weighted by Crippen LogP contribution is 2.25. The predicted molar refractivity (Wildman–Crippen MR) is 83.1 cm³/mol. The van der Waals surface area contributed by atoms with Gasteiger partial charge >= 0.3 is 0 Å². The molecule has 0 aliphatic rings. The molecule has 0 amide bonds. The summed E-state index contributed by atoms with van der Waals surface area (Å²) < 4.78 is 7.52. The molecule has 0 saturated carbocycles. The standard InChI is InChI=1S/C15H18N4OS/c1-11(9-19-7-3-6-17-19)16-8-13-10-21-15(18-13)14-5-4-12(2)20-14/h3-7,10-11,16H,8-9H2,1-2H3/t11-/m1/s1. The Morgan fingerprint density at radius 1 is 1.43 bits per heavy atom. The summed E-state index contributed by atoms with van der Waals surface area (Å²) in [6, 6.07) is 6.19. The zero-order valence-corrected chi connectivity index (χ0v) is 12.9. The van der Waals surface area contributed by atoms with Crippen molar-refractivity contribution in [3.05, 3.63) is 47.4 Å². The van der Waals surface area contributed by atoms with Crippen LogP contribution in [-0.2, 0) is 13.1 Å². The third-order valence-electron chi connectivity index (χ3n) is 3.15. The number of nitrogens with one attached hydrogen (secondary N) is 1. The van der Waals surface area contributed by atoms with Crippen LogP contribution in [-0.4, -0.2) is 20.8 Å². The van der Waals surface area contributed by atoms with Crippen LogP contribution in [0.25, 0.3) is 10.8 Å². The highest BCUT2D eigenvalue weighted by atomic mass is 32.1. The first-order valence-electron chi connectivity index (χ1n) is 6.93. The minimum atomic E-state index is 0.334. The van der Waals surface area contributed by atoms with Gasteiger partial charge in [0.05, 0.1) is 12.2 Å². The van der Waals surface area contributed by atoms with Crippen LogP contribution in [0.15, 0.2) is 40.4 Å². The number of aromatic nitrogens is 3. The molecule has 1 atom stereocenters. The van der Waals surface area contributed by atoms with E-state index in [2.05, 4.69) is 27.7 Å². The van der Waals surface area contributed by atoms with Crippen molar-refractivity contribution in [3.63, 3.8) is 0 Å². The van der Waals surface area contributed by atoms with E-state index in [1.165, 1.54) is 0 Å². The molecule has 5 nitrogen and oxygen atoms in total. The third kappa shape index (κ3) is 3.59. The third-order valence-corrected chi connectivity index (χ3v) is 4.06. The van der Waals surface area contributed by atoms with Crippen molar-refractivity contribution in [2.24, 2.45) is 0 Å². The van der Waals surface area contributed by atoms with Gasteiger partial charge in [-0.15, -0.1) is 11.3 Å². The van der Waals surface area contributed by atoms with Gasteiger partial charge in [0.2, 0.25) is 0 Å². The van der Waals surface area contributed by atoms with Crippen LogP contribution in [0.3, 0.4) is 0 Å². The van der Waals surface area contributed by atoms with Gasteiger partial charge in [-0.05, 0) is 32.0 Å². The van der Waals surface area contributed by atoms with Crippen LogP contribution >= 0.6 is 11.3 Å². The molecule has 0 saturated heterocycles. The van der Waals surface area contributed by atoms with Crippen molar-refractivity contribution < 1.29 is 4.42 Å². The van der Waals surface area contributed by atoms with Crippen LogP contribution in [0.5, 0.6) is 0 Å². The van der Waals surface area contributed by atoms with Gasteiger partial charge in [-0.1, -0.05) is 0 Å². The molecule has 0 spiro atoms. The quantitative estimate of drug-likeness (QED) is 0.760. The van der Waals surface area contributed by atoms with Crippen LogP contribution in [0.2, 0.25) is 0 Å². The van der Waals surface area contributed by atoms with Gasteiger partial charge in [-0.3, -0.25) is 4.68 Å². The van der Waals surface area contributed by atoms with Gasteiger partial charge in [0, 0.05) is 30.4 Å². The molecule has 6 heteroatoms. The summed E-state index contributed by atoms with van der Waals surface area (Å²) in [4.78, 5) is 4.60. The Labute approximate surface area is 127 Å². The molecule has 0 aliphatic carbocycles. The molecule has 0 aliphatic heterocycles. The largest absolute Gasteiger partial charge is 0.459 e. The van der Waals surface area contributed by atoms with E-state index in [0.717, 1.165) is 35.3 Å². The van der Waals surface area contributed by atoms with Crippen LogP contribution in [0.1, 0.15) is 18.4 Å². The summed E-state index contributed by atoms with van der Waals surface area (Å²) >= 11 is 1.61. The molecule has 0 radical (unpaired) electrons. The number of hydrogen-bond acceptors (Lipinski definition) is 5. The Bertz CT molecular complexity index is 686. The molecular formula is C15H18N4OS. The second-order valence-electron chi connectivity index (χ2n) is 5.06. The van der Waals surface area contributed by atoms with Crippen molar-refractivity contribution >= 4 is 11.3 Å². The fraction of sp³-hybridized carbons (Fsp3) is 0.333. The lowest BCUT2D eigenvalue weighted by Gasteiger charge is -2.12. The second-order valence-corrected chi connectivity index (χ2v) is 5.92. The Balaban J connectivity index is 1.55. The summed E-state index contributed by atoms with van der Waals surface area (Å²) in [5.41, 5.74) is 1.04. The first-order valence-corrected chi connectivity index (χ1v) is 7.80. The van der Waals surface area contributed by atoms with Crippen molar-refractivity contribution in [1.82, 2.24) is 20.1 Å². The number of rotatable bonds is 6. The maximum absolute atomic E-state index is 5.59. The number of thiazole rings is 1. The second kappa shape index (κ2) is 6.24. The van der Waals surface area contributed by atoms with E-state index < -0.39 is 0 Å². The first-order chi connectivity index (χ1) is 10.2. The molecule has 3 aromatic rings. The molecular weight excluding hydrogens is 284 g/mol. The van der Waals surface area contributed by atoms with Crippen LogP contribution in [0, 0.1) is 6.92 Å². The lowest BCUT2D eigenvalue weighted by molar-refractivity contribution is 0.449. The van der Waals surface area contributed by atoms with E-state index in [-0.39, 0.29) is 0 Å². The number of aryl methyl sites for hydroxylation is 1. The van der Waals surface area contributed by atoms with E-state index in [0.29, 0.717) is 6.04 Å². The molecule has 3 rings (SSSR count). The first kappa shape index (κ1) is 14.0. The van der Waals surface area contributed by atoms with Crippen molar-refractivity contribution in [2.45, 2.75) is 33.0 Å². The van der Waals surface area contributed by atoms with E-state index in [1.807, 2.05) is 36.0 Å². The Kier molecular flexibility index (Phi) is 4.17. The summed E-state index contributed by atoms with van der Waals surface area (Å²) in [6.45, 7) is 5.68. The highest BCUT2D eigenvalue weighted by Gasteiger charge is 2.09. The van der Waals surface area contributed by atoms with E-state index in [4.69, 9.17) is 4.42 Å². The average Bonchev–Trinajstić information content (AvgIpc) is 3.17. The highest BCUT2D eigenvalue weighted by molar-refractivity contribution is 7.13. The Hall–Kier alpha value is -1.92. The normalized spacial score (nSPS) is 12.7. The monoisotopic (exact) mass is 302 g/mol. The predicted octanol–water partition coefficient (Wildman–Crippen LogP) is 3.09. The molecule has 110 valence electrons.